The third kappa shape index (κ3) is 6.45. The number of benzene rings is 2. The van der Waals surface area contributed by atoms with Crippen molar-refractivity contribution in [2.75, 3.05) is 40.0 Å². The van der Waals surface area contributed by atoms with Crippen molar-refractivity contribution in [1.82, 2.24) is 9.80 Å². The van der Waals surface area contributed by atoms with Crippen LogP contribution in [0.4, 0.5) is 5.69 Å². The summed E-state index contributed by atoms with van der Waals surface area (Å²) in [6.45, 7) is 8.17. The number of nitro groups is 1. The molecular formula is C27H34ClN3O6. The van der Waals surface area contributed by atoms with E-state index in [0.717, 1.165) is 30.5 Å². The van der Waals surface area contributed by atoms with Crippen molar-refractivity contribution in [3.8, 4) is 17.2 Å². The van der Waals surface area contributed by atoms with Crippen LogP contribution in [0.25, 0.3) is 0 Å². The van der Waals surface area contributed by atoms with Gasteiger partial charge in [0, 0.05) is 44.2 Å². The molecule has 1 unspecified atom stereocenters. The van der Waals surface area contributed by atoms with Crippen LogP contribution in [0.15, 0.2) is 30.3 Å². The van der Waals surface area contributed by atoms with Crippen LogP contribution in [-0.4, -0.2) is 60.6 Å². The van der Waals surface area contributed by atoms with E-state index < -0.39 is 4.92 Å². The molecule has 2 aliphatic rings. The lowest BCUT2D eigenvalue weighted by atomic mass is 10.0. The molecule has 1 amide bonds. The van der Waals surface area contributed by atoms with E-state index in [1.54, 1.807) is 6.07 Å². The first kappa shape index (κ1) is 27.0. The van der Waals surface area contributed by atoms with Crippen molar-refractivity contribution in [3.63, 3.8) is 0 Å². The summed E-state index contributed by atoms with van der Waals surface area (Å²) in [4.78, 5) is 28.7. The Morgan fingerprint density at radius 2 is 2.08 bits per heavy atom. The smallest absolute Gasteiger partial charge is 0.311 e. The minimum absolute atomic E-state index is 0.0521. The van der Waals surface area contributed by atoms with Crippen molar-refractivity contribution < 1.29 is 23.9 Å². The number of carbonyl (C=O) groups excluding carboxylic acids is 1. The monoisotopic (exact) mass is 531 g/mol. The number of methoxy groups -OCH3 is 1. The van der Waals surface area contributed by atoms with Gasteiger partial charge in [-0.1, -0.05) is 37.6 Å². The lowest BCUT2D eigenvalue weighted by Gasteiger charge is -2.28. The Hall–Kier alpha value is -3.04. The molecule has 0 radical (unpaired) electrons. The number of nitrogens with zero attached hydrogens (tertiary/aromatic N) is 3. The fourth-order valence-electron chi connectivity index (χ4n) is 5.02. The van der Waals surface area contributed by atoms with Crippen molar-refractivity contribution in [2.45, 2.75) is 39.8 Å². The zero-order valence-electron chi connectivity index (χ0n) is 21.6. The second-order valence-electron chi connectivity index (χ2n) is 10.0. The number of nitro benzene ring substituents is 1. The van der Waals surface area contributed by atoms with Gasteiger partial charge in [0.2, 0.25) is 11.7 Å². The quantitative estimate of drug-likeness (QED) is 0.334. The molecule has 200 valence electrons. The number of rotatable bonds is 9. The number of carbonyl (C=O) groups is 1. The summed E-state index contributed by atoms with van der Waals surface area (Å²) in [6, 6.07) is 8.71. The highest BCUT2D eigenvalue weighted by atomic mass is 35.5. The van der Waals surface area contributed by atoms with E-state index in [2.05, 4.69) is 18.7 Å². The van der Waals surface area contributed by atoms with Crippen molar-refractivity contribution in [1.29, 1.82) is 0 Å². The van der Waals surface area contributed by atoms with Crippen molar-refractivity contribution in [3.05, 3.63) is 56.6 Å². The molecule has 1 fully saturated rings. The average Bonchev–Trinajstić information content (AvgIpc) is 3.18. The van der Waals surface area contributed by atoms with Gasteiger partial charge in [-0.3, -0.25) is 19.8 Å². The van der Waals surface area contributed by atoms with Crippen LogP contribution in [0, 0.1) is 22.0 Å². The molecule has 0 aromatic heterocycles. The number of likely N-dealkylation sites (tertiary alicyclic amines) is 1. The third-order valence-electron chi connectivity index (χ3n) is 6.62. The second-order valence-corrected chi connectivity index (χ2v) is 10.4. The summed E-state index contributed by atoms with van der Waals surface area (Å²) in [5.74, 6) is 1.70. The Balaban J connectivity index is 1.46. The molecular weight excluding hydrogens is 498 g/mol. The second kappa shape index (κ2) is 12.0. The topological polar surface area (TPSA) is 94.4 Å². The van der Waals surface area contributed by atoms with Crippen LogP contribution in [0.3, 0.4) is 0 Å². The predicted molar refractivity (Wildman–Crippen MR) is 140 cm³/mol. The maximum absolute atomic E-state index is 13.7. The molecule has 37 heavy (non-hydrogen) atoms. The van der Waals surface area contributed by atoms with Gasteiger partial charge in [0.15, 0.2) is 11.5 Å². The van der Waals surface area contributed by atoms with Crippen LogP contribution in [0.1, 0.15) is 37.8 Å². The molecule has 4 rings (SSSR count). The summed E-state index contributed by atoms with van der Waals surface area (Å²) in [6.07, 6.45) is 1.52. The number of halogens is 1. The van der Waals surface area contributed by atoms with Crippen molar-refractivity contribution in [2.24, 2.45) is 11.8 Å². The number of para-hydroxylation sites is 1. The number of amides is 1. The molecule has 1 saturated heterocycles. The number of fused-ring (bicyclic) bond motifs is 1. The summed E-state index contributed by atoms with van der Waals surface area (Å²) < 4.78 is 16.9. The lowest BCUT2D eigenvalue weighted by Crippen LogP contribution is -2.39. The summed E-state index contributed by atoms with van der Waals surface area (Å²) >= 11 is 6.50. The van der Waals surface area contributed by atoms with Gasteiger partial charge in [-0.05, 0) is 36.6 Å². The molecule has 10 heteroatoms. The molecule has 0 bridgehead atoms. The summed E-state index contributed by atoms with van der Waals surface area (Å²) in [7, 11) is 1.44. The van der Waals surface area contributed by atoms with E-state index in [-0.39, 0.29) is 23.3 Å². The molecule has 2 heterocycles. The largest absolute Gasteiger partial charge is 0.490 e. The number of ether oxygens (including phenoxy) is 3. The maximum atomic E-state index is 13.7. The van der Waals surface area contributed by atoms with Crippen LogP contribution < -0.4 is 14.2 Å². The van der Waals surface area contributed by atoms with E-state index in [4.69, 9.17) is 25.8 Å². The lowest BCUT2D eigenvalue weighted by molar-refractivity contribution is -0.385. The Labute approximate surface area is 222 Å². The van der Waals surface area contributed by atoms with Gasteiger partial charge >= 0.3 is 5.69 Å². The van der Waals surface area contributed by atoms with E-state index in [9.17, 15) is 14.9 Å². The molecule has 1 atom stereocenters. The highest BCUT2D eigenvalue weighted by Crippen LogP contribution is 2.38. The highest BCUT2D eigenvalue weighted by molar-refractivity contribution is 6.32. The fourth-order valence-corrected chi connectivity index (χ4v) is 5.31. The Morgan fingerprint density at radius 1 is 1.30 bits per heavy atom. The van der Waals surface area contributed by atoms with Crippen LogP contribution in [-0.2, 0) is 17.9 Å². The minimum atomic E-state index is -0.436. The summed E-state index contributed by atoms with van der Waals surface area (Å²) in [5, 5.41) is 11.9. The van der Waals surface area contributed by atoms with Crippen LogP contribution in [0.5, 0.6) is 17.2 Å². The van der Waals surface area contributed by atoms with Gasteiger partial charge < -0.3 is 19.1 Å². The molecule has 9 nitrogen and oxygen atoms in total. The van der Waals surface area contributed by atoms with Gasteiger partial charge in [-0.15, -0.1) is 0 Å². The fraction of sp³-hybridized carbons (Fsp3) is 0.519. The highest BCUT2D eigenvalue weighted by Gasteiger charge is 2.33. The summed E-state index contributed by atoms with van der Waals surface area (Å²) in [5.41, 5.74) is 1.59. The molecule has 0 saturated carbocycles. The first-order valence-corrected chi connectivity index (χ1v) is 13.0. The molecule has 0 spiro atoms. The van der Waals surface area contributed by atoms with E-state index in [0.29, 0.717) is 61.8 Å². The maximum Gasteiger partial charge on any atom is 0.311 e. The van der Waals surface area contributed by atoms with Gasteiger partial charge in [-0.2, -0.15) is 0 Å². The Morgan fingerprint density at radius 3 is 2.81 bits per heavy atom. The zero-order valence-corrected chi connectivity index (χ0v) is 22.3. The predicted octanol–water partition coefficient (Wildman–Crippen LogP) is 4.92. The third-order valence-corrected chi connectivity index (χ3v) is 6.91. The van der Waals surface area contributed by atoms with Gasteiger partial charge in [0.25, 0.3) is 0 Å². The zero-order chi connectivity index (χ0) is 26.5. The molecule has 0 aliphatic carbocycles. The minimum Gasteiger partial charge on any atom is -0.490 e. The normalized spacial score (nSPS) is 17.5. The Kier molecular flexibility index (Phi) is 8.76. The number of hydrogen-bond donors (Lipinski definition) is 0. The number of hydrogen-bond acceptors (Lipinski definition) is 7. The Bertz CT molecular complexity index is 1140. The SMILES string of the molecule is COc1c(CN2CCC(C(=O)N(Cc3cc(Cl)c4c(c3)OCCCO4)CC(C)C)C2)cccc1[N+](=O)[O-]. The molecule has 2 aromatic carbocycles. The van der Waals surface area contributed by atoms with Gasteiger partial charge in [-0.25, -0.2) is 0 Å². The first-order chi connectivity index (χ1) is 17.8. The van der Waals surface area contributed by atoms with Crippen LogP contribution >= 0.6 is 11.6 Å². The molecule has 0 N–H and O–H groups in total. The average molecular weight is 532 g/mol. The van der Waals surface area contributed by atoms with E-state index in [1.807, 2.05) is 23.1 Å². The van der Waals surface area contributed by atoms with E-state index in [1.165, 1.54) is 13.2 Å². The molecule has 2 aliphatic heterocycles. The molecule has 2 aromatic rings. The van der Waals surface area contributed by atoms with Gasteiger partial charge in [0.1, 0.15) is 0 Å². The van der Waals surface area contributed by atoms with Gasteiger partial charge in [0.05, 0.1) is 36.2 Å². The first-order valence-electron chi connectivity index (χ1n) is 12.7. The van der Waals surface area contributed by atoms with Crippen LogP contribution in [0.2, 0.25) is 5.02 Å². The van der Waals surface area contributed by atoms with Crippen molar-refractivity contribution >= 4 is 23.2 Å². The van der Waals surface area contributed by atoms with E-state index >= 15 is 0 Å². The standard InChI is InChI=1S/C27H34ClN3O6/c1-18(2)14-30(15-19-12-22(28)26-24(13-19)36-10-5-11-37-26)27(32)21-8-9-29(17-21)16-20-6-4-7-23(31(33)34)25(20)35-3/h4,6-7,12-13,18,21H,5,8-11,14-17H2,1-3H3.